The fraction of sp³-hybridized carbons (Fsp3) is 0.400. The van der Waals surface area contributed by atoms with Crippen LogP contribution in [0, 0.1) is 12.8 Å². The van der Waals surface area contributed by atoms with Gasteiger partial charge in [0.1, 0.15) is 12.4 Å². The van der Waals surface area contributed by atoms with Crippen molar-refractivity contribution in [1.82, 2.24) is 4.90 Å². The van der Waals surface area contributed by atoms with Gasteiger partial charge in [0, 0.05) is 12.6 Å². The highest BCUT2D eigenvalue weighted by atomic mass is 79.9. The SMILES string of the molecule is Cc1cc(C2CC(CN)CN2C)cc(Br)c1OCc1ccccc1. The summed E-state index contributed by atoms with van der Waals surface area (Å²) in [4.78, 5) is 2.41. The Bertz CT molecular complexity index is 666. The first-order chi connectivity index (χ1) is 11.6. The van der Waals surface area contributed by atoms with Gasteiger partial charge >= 0.3 is 0 Å². The molecule has 0 aromatic heterocycles. The van der Waals surface area contributed by atoms with E-state index in [1.54, 1.807) is 0 Å². The van der Waals surface area contributed by atoms with Gasteiger partial charge < -0.3 is 10.5 Å². The highest BCUT2D eigenvalue weighted by Crippen LogP contribution is 2.39. The number of halogens is 1. The minimum atomic E-state index is 0.441. The van der Waals surface area contributed by atoms with Crippen LogP contribution in [0.2, 0.25) is 0 Å². The molecule has 2 aromatic carbocycles. The van der Waals surface area contributed by atoms with Crippen LogP contribution >= 0.6 is 15.9 Å². The maximum Gasteiger partial charge on any atom is 0.136 e. The average Bonchev–Trinajstić information content (AvgIpc) is 2.96. The molecule has 1 aliphatic heterocycles. The summed E-state index contributed by atoms with van der Waals surface area (Å²) in [5.74, 6) is 1.52. The molecule has 0 bridgehead atoms. The number of nitrogens with zero attached hydrogens (tertiary/aromatic N) is 1. The number of ether oxygens (including phenoxy) is 1. The molecule has 0 aliphatic carbocycles. The van der Waals surface area contributed by atoms with Crippen molar-refractivity contribution in [2.45, 2.75) is 26.0 Å². The van der Waals surface area contributed by atoms with Gasteiger partial charge in [-0.1, -0.05) is 36.4 Å². The first-order valence-corrected chi connectivity index (χ1v) is 9.25. The lowest BCUT2D eigenvalue weighted by Crippen LogP contribution is -2.20. The maximum atomic E-state index is 6.06. The topological polar surface area (TPSA) is 38.5 Å². The minimum absolute atomic E-state index is 0.441. The fourth-order valence-electron chi connectivity index (χ4n) is 3.53. The van der Waals surface area contributed by atoms with E-state index in [0.29, 0.717) is 18.6 Å². The van der Waals surface area contributed by atoms with Crippen LogP contribution < -0.4 is 10.5 Å². The summed E-state index contributed by atoms with van der Waals surface area (Å²) < 4.78 is 7.09. The van der Waals surface area contributed by atoms with Gasteiger partial charge in [-0.2, -0.15) is 0 Å². The fourth-order valence-corrected chi connectivity index (χ4v) is 4.22. The van der Waals surface area contributed by atoms with Crippen LogP contribution in [0.3, 0.4) is 0 Å². The van der Waals surface area contributed by atoms with E-state index in [1.165, 1.54) is 16.7 Å². The Morgan fingerprint density at radius 3 is 2.62 bits per heavy atom. The second-order valence-corrected chi connectivity index (χ2v) is 7.57. The molecular formula is C20H25BrN2O. The molecule has 24 heavy (non-hydrogen) atoms. The van der Waals surface area contributed by atoms with E-state index in [1.807, 2.05) is 18.2 Å². The third-order valence-electron chi connectivity index (χ3n) is 4.83. The first kappa shape index (κ1) is 17.5. The van der Waals surface area contributed by atoms with Crippen LogP contribution in [-0.2, 0) is 6.61 Å². The quantitative estimate of drug-likeness (QED) is 0.829. The monoisotopic (exact) mass is 388 g/mol. The summed E-state index contributed by atoms with van der Waals surface area (Å²) in [6.07, 6.45) is 1.13. The van der Waals surface area contributed by atoms with Gasteiger partial charge in [-0.25, -0.2) is 0 Å². The summed E-state index contributed by atoms with van der Waals surface area (Å²) >= 11 is 3.70. The molecule has 2 unspecified atom stereocenters. The molecule has 1 heterocycles. The van der Waals surface area contributed by atoms with Crippen LogP contribution in [0.5, 0.6) is 5.75 Å². The molecule has 2 aromatic rings. The molecular weight excluding hydrogens is 364 g/mol. The maximum absolute atomic E-state index is 6.06. The molecule has 128 valence electrons. The van der Waals surface area contributed by atoms with Crippen LogP contribution in [-0.4, -0.2) is 25.0 Å². The predicted molar refractivity (Wildman–Crippen MR) is 102 cm³/mol. The lowest BCUT2D eigenvalue weighted by atomic mass is 9.98. The molecule has 0 saturated carbocycles. The zero-order valence-corrected chi connectivity index (χ0v) is 15.9. The van der Waals surface area contributed by atoms with E-state index in [4.69, 9.17) is 10.5 Å². The normalized spacial score (nSPS) is 21.2. The molecule has 3 rings (SSSR count). The number of hydrogen-bond donors (Lipinski definition) is 1. The van der Waals surface area contributed by atoms with Crippen molar-refractivity contribution >= 4 is 15.9 Å². The second-order valence-electron chi connectivity index (χ2n) is 6.72. The molecule has 1 saturated heterocycles. The summed E-state index contributed by atoms with van der Waals surface area (Å²) in [5.41, 5.74) is 9.54. The molecule has 0 radical (unpaired) electrons. The Hall–Kier alpha value is -1.36. The van der Waals surface area contributed by atoms with Gasteiger partial charge in [0.2, 0.25) is 0 Å². The lowest BCUT2D eigenvalue weighted by Gasteiger charge is -2.22. The molecule has 2 N–H and O–H groups in total. The van der Waals surface area contributed by atoms with Crippen molar-refractivity contribution in [2.75, 3.05) is 20.1 Å². The lowest BCUT2D eigenvalue weighted by molar-refractivity contribution is 0.299. The summed E-state index contributed by atoms with van der Waals surface area (Å²) in [7, 11) is 2.18. The molecule has 1 aliphatic rings. The standard InChI is InChI=1S/C20H25BrN2O/c1-14-8-17(19-9-16(11-22)12-23(19)2)10-18(21)20(14)24-13-15-6-4-3-5-7-15/h3-8,10,16,19H,9,11-13,22H2,1-2H3. The van der Waals surface area contributed by atoms with E-state index in [0.717, 1.165) is 29.7 Å². The van der Waals surface area contributed by atoms with Crippen LogP contribution in [0.15, 0.2) is 46.9 Å². The van der Waals surface area contributed by atoms with Gasteiger partial charge in [0.05, 0.1) is 4.47 Å². The van der Waals surface area contributed by atoms with Crippen molar-refractivity contribution < 1.29 is 4.74 Å². The van der Waals surface area contributed by atoms with Gasteiger partial charge in [0.15, 0.2) is 0 Å². The summed E-state index contributed by atoms with van der Waals surface area (Å²) in [6.45, 7) is 4.53. The van der Waals surface area contributed by atoms with Crippen LogP contribution in [0.1, 0.15) is 29.2 Å². The predicted octanol–water partition coefficient (Wildman–Crippen LogP) is 4.29. The average molecular weight is 389 g/mol. The Balaban J connectivity index is 1.76. The number of likely N-dealkylation sites (tertiary alicyclic amines) is 1. The van der Waals surface area contributed by atoms with E-state index in [2.05, 4.69) is 59.1 Å². The Morgan fingerprint density at radius 2 is 2.00 bits per heavy atom. The zero-order chi connectivity index (χ0) is 17.1. The highest BCUT2D eigenvalue weighted by molar-refractivity contribution is 9.10. The Morgan fingerprint density at radius 1 is 1.25 bits per heavy atom. The first-order valence-electron chi connectivity index (χ1n) is 8.45. The molecule has 2 atom stereocenters. The second kappa shape index (κ2) is 7.68. The van der Waals surface area contributed by atoms with Crippen LogP contribution in [0.25, 0.3) is 0 Å². The van der Waals surface area contributed by atoms with Gasteiger partial charge in [0.25, 0.3) is 0 Å². The van der Waals surface area contributed by atoms with Crippen molar-refractivity contribution in [3.63, 3.8) is 0 Å². The summed E-state index contributed by atoms with van der Waals surface area (Å²) in [6, 6.07) is 15.2. The number of benzene rings is 2. The number of aryl methyl sites for hydroxylation is 1. The van der Waals surface area contributed by atoms with E-state index in [-0.39, 0.29) is 0 Å². The number of nitrogens with two attached hydrogens (primary N) is 1. The molecule has 4 heteroatoms. The molecule has 0 spiro atoms. The highest BCUT2D eigenvalue weighted by Gasteiger charge is 2.30. The Kier molecular flexibility index (Phi) is 5.59. The minimum Gasteiger partial charge on any atom is -0.487 e. The van der Waals surface area contributed by atoms with Gasteiger partial charge in [-0.15, -0.1) is 0 Å². The van der Waals surface area contributed by atoms with Crippen molar-refractivity contribution in [3.8, 4) is 5.75 Å². The number of hydrogen-bond acceptors (Lipinski definition) is 3. The molecule has 1 fully saturated rings. The van der Waals surface area contributed by atoms with Crippen molar-refractivity contribution in [3.05, 3.63) is 63.6 Å². The van der Waals surface area contributed by atoms with E-state index in [9.17, 15) is 0 Å². The number of rotatable bonds is 5. The van der Waals surface area contributed by atoms with Gasteiger partial charge in [-0.05, 0) is 71.5 Å². The molecule has 3 nitrogen and oxygen atoms in total. The molecule has 0 amide bonds. The van der Waals surface area contributed by atoms with Gasteiger partial charge in [-0.3, -0.25) is 4.90 Å². The third-order valence-corrected chi connectivity index (χ3v) is 5.42. The van der Waals surface area contributed by atoms with E-state index >= 15 is 0 Å². The Labute approximate surface area is 152 Å². The zero-order valence-electron chi connectivity index (χ0n) is 14.3. The smallest absolute Gasteiger partial charge is 0.136 e. The van der Waals surface area contributed by atoms with Crippen LogP contribution in [0.4, 0.5) is 0 Å². The van der Waals surface area contributed by atoms with Crippen molar-refractivity contribution in [2.24, 2.45) is 11.7 Å². The third kappa shape index (κ3) is 3.82. The van der Waals surface area contributed by atoms with E-state index < -0.39 is 0 Å². The largest absolute Gasteiger partial charge is 0.487 e. The van der Waals surface area contributed by atoms with Crippen molar-refractivity contribution in [1.29, 1.82) is 0 Å². The summed E-state index contributed by atoms with van der Waals surface area (Å²) in [5, 5.41) is 0.